The second-order valence-corrected chi connectivity index (χ2v) is 7.33. The minimum Gasteiger partial charge on any atom is -0.326 e. The van der Waals surface area contributed by atoms with Crippen molar-refractivity contribution in [2.24, 2.45) is 5.73 Å². The standard InChI is InChI=1S/C12H20N2O2S2/c1-4-6-14(7-5-2)18(15,16)12-8-10(3)11(9-13)17-12/h4,8H,1,5-7,9,13H2,2-3H3. The van der Waals surface area contributed by atoms with E-state index in [-0.39, 0.29) is 0 Å². The predicted octanol–water partition coefficient (Wildman–Crippen LogP) is 2.10. The van der Waals surface area contributed by atoms with E-state index in [9.17, 15) is 8.42 Å². The Labute approximate surface area is 113 Å². The van der Waals surface area contributed by atoms with Crippen molar-refractivity contribution in [3.63, 3.8) is 0 Å². The second-order valence-electron chi connectivity index (χ2n) is 4.03. The highest BCUT2D eigenvalue weighted by atomic mass is 32.2. The summed E-state index contributed by atoms with van der Waals surface area (Å²) in [5, 5.41) is 0. The summed E-state index contributed by atoms with van der Waals surface area (Å²) in [6.07, 6.45) is 2.39. The van der Waals surface area contributed by atoms with Crippen LogP contribution in [0.2, 0.25) is 0 Å². The highest BCUT2D eigenvalue weighted by Gasteiger charge is 2.25. The molecule has 0 aliphatic heterocycles. The van der Waals surface area contributed by atoms with E-state index in [1.54, 1.807) is 12.1 Å². The summed E-state index contributed by atoms with van der Waals surface area (Å²) in [4.78, 5) is 0.920. The van der Waals surface area contributed by atoms with Gasteiger partial charge in [-0.2, -0.15) is 4.31 Å². The van der Waals surface area contributed by atoms with Crippen LogP contribution in [0, 0.1) is 6.92 Å². The van der Waals surface area contributed by atoms with Crippen LogP contribution in [-0.4, -0.2) is 25.8 Å². The second kappa shape index (κ2) is 6.47. The SMILES string of the molecule is C=CCN(CCC)S(=O)(=O)c1cc(C)c(CN)s1. The lowest BCUT2D eigenvalue weighted by Crippen LogP contribution is -2.31. The van der Waals surface area contributed by atoms with Gasteiger partial charge in [0.15, 0.2) is 0 Å². The van der Waals surface area contributed by atoms with E-state index in [2.05, 4.69) is 6.58 Å². The number of sulfonamides is 1. The van der Waals surface area contributed by atoms with Crippen molar-refractivity contribution in [2.45, 2.75) is 31.0 Å². The van der Waals surface area contributed by atoms with Gasteiger partial charge in [-0.05, 0) is 25.0 Å². The molecule has 0 aromatic carbocycles. The molecule has 102 valence electrons. The van der Waals surface area contributed by atoms with Crippen LogP contribution in [0.5, 0.6) is 0 Å². The van der Waals surface area contributed by atoms with Crippen molar-refractivity contribution in [1.29, 1.82) is 0 Å². The molecule has 0 aliphatic carbocycles. The normalized spacial score (nSPS) is 12.0. The first kappa shape index (κ1) is 15.4. The summed E-state index contributed by atoms with van der Waals surface area (Å²) < 4.78 is 26.7. The molecule has 1 aromatic heterocycles. The molecule has 0 amide bonds. The van der Waals surface area contributed by atoms with Crippen LogP contribution in [0.3, 0.4) is 0 Å². The molecule has 0 atom stereocenters. The highest BCUT2D eigenvalue weighted by molar-refractivity contribution is 7.91. The number of rotatable bonds is 7. The van der Waals surface area contributed by atoms with Crippen LogP contribution >= 0.6 is 11.3 Å². The zero-order valence-electron chi connectivity index (χ0n) is 10.8. The van der Waals surface area contributed by atoms with Gasteiger partial charge in [-0.15, -0.1) is 17.9 Å². The highest BCUT2D eigenvalue weighted by Crippen LogP contribution is 2.28. The molecule has 6 heteroatoms. The molecular formula is C12H20N2O2S2. The van der Waals surface area contributed by atoms with Gasteiger partial charge in [-0.25, -0.2) is 8.42 Å². The van der Waals surface area contributed by atoms with Gasteiger partial charge in [0.25, 0.3) is 10.0 Å². The van der Waals surface area contributed by atoms with E-state index in [4.69, 9.17) is 5.73 Å². The van der Waals surface area contributed by atoms with Gasteiger partial charge < -0.3 is 5.73 Å². The maximum atomic E-state index is 12.4. The van der Waals surface area contributed by atoms with Crippen LogP contribution in [0.25, 0.3) is 0 Å². The topological polar surface area (TPSA) is 63.4 Å². The minimum atomic E-state index is -3.41. The quantitative estimate of drug-likeness (QED) is 0.782. The van der Waals surface area contributed by atoms with Gasteiger partial charge in [0.2, 0.25) is 0 Å². The van der Waals surface area contributed by atoms with Crippen LogP contribution in [0.1, 0.15) is 23.8 Å². The molecule has 0 unspecified atom stereocenters. The molecule has 0 spiro atoms. The van der Waals surface area contributed by atoms with Gasteiger partial charge in [0.05, 0.1) is 0 Å². The van der Waals surface area contributed by atoms with E-state index in [1.165, 1.54) is 15.6 Å². The molecule has 0 aliphatic rings. The molecule has 0 saturated heterocycles. The van der Waals surface area contributed by atoms with E-state index < -0.39 is 10.0 Å². The molecule has 0 fully saturated rings. The van der Waals surface area contributed by atoms with E-state index in [0.29, 0.717) is 23.8 Å². The number of hydrogen-bond acceptors (Lipinski definition) is 4. The van der Waals surface area contributed by atoms with Crippen LogP contribution in [0.4, 0.5) is 0 Å². The smallest absolute Gasteiger partial charge is 0.252 e. The first-order valence-corrected chi connectivity index (χ1v) is 8.13. The van der Waals surface area contributed by atoms with Crippen molar-refractivity contribution in [2.75, 3.05) is 13.1 Å². The number of nitrogens with zero attached hydrogens (tertiary/aromatic N) is 1. The first-order valence-electron chi connectivity index (χ1n) is 5.87. The Bertz CT molecular complexity index is 506. The Hall–Kier alpha value is -0.690. The number of aryl methyl sites for hydroxylation is 1. The fraction of sp³-hybridized carbons (Fsp3) is 0.500. The fourth-order valence-electron chi connectivity index (χ4n) is 1.65. The van der Waals surface area contributed by atoms with Crippen molar-refractivity contribution >= 4 is 21.4 Å². The van der Waals surface area contributed by atoms with E-state index in [0.717, 1.165) is 16.9 Å². The van der Waals surface area contributed by atoms with Crippen molar-refractivity contribution in [3.8, 4) is 0 Å². The van der Waals surface area contributed by atoms with Gasteiger partial charge in [-0.1, -0.05) is 13.0 Å². The lowest BCUT2D eigenvalue weighted by molar-refractivity contribution is 0.443. The predicted molar refractivity (Wildman–Crippen MR) is 76.2 cm³/mol. The molecule has 4 nitrogen and oxygen atoms in total. The van der Waals surface area contributed by atoms with Gasteiger partial charge in [0.1, 0.15) is 4.21 Å². The third-order valence-corrected chi connectivity index (χ3v) is 6.16. The zero-order valence-corrected chi connectivity index (χ0v) is 12.5. The minimum absolute atomic E-state index is 0.338. The molecule has 2 N–H and O–H groups in total. The van der Waals surface area contributed by atoms with Crippen LogP contribution in [-0.2, 0) is 16.6 Å². The third kappa shape index (κ3) is 3.20. The number of hydrogen-bond donors (Lipinski definition) is 1. The Balaban J connectivity index is 3.12. The molecule has 0 saturated carbocycles. The molecular weight excluding hydrogens is 268 g/mol. The molecule has 1 rings (SSSR count). The third-order valence-electron chi connectivity index (χ3n) is 2.58. The monoisotopic (exact) mass is 288 g/mol. The zero-order chi connectivity index (χ0) is 13.8. The first-order chi connectivity index (χ1) is 8.47. The van der Waals surface area contributed by atoms with Crippen molar-refractivity contribution in [3.05, 3.63) is 29.2 Å². The summed E-state index contributed by atoms with van der Waals surface area (Å²) in [5.41, 5.74) is 6.53. The summed E-state index contributed by atoms with van der Waals surface area (Å²) >= 11 is 1.26. The van der Waals surface area contributed by atoms with Gasteiger partial charge in [-0.3, -0.25) is 0 Å². The van der Waals surface area contributed by atoms with Gasteiger partial charge >= 0.3 is 0 Å². The molecule has 0 radical (unpaired) electrons. The maximum absolute atomic E-state index is 12.4. The molecule has 18 heavy (non-hydrogen) atoms. The lowest BCUT2D eigenvalue weighted by atomic mass is 10.3. The van der Waals surface area contributed by atoms with Crippen molar-refractivity contribution in [1.82, 2.24) is 4.31 Å². The van der Waals surface area contributed by atoms with E-state index >= 15 is 0 Å². The maximum Gasteiger partial charge on any atom is 0.252 e. The van der Waals surface area contributed by atoms with Crippen molar-refractivity contribution < 1.29 is 8.42 Å². The fourth-order valence-corrected chi connectivity index (χ4v) is 4.77. The summed E-state index contributed by atoms with van der Waals surface area (Å²) in [6, 6.07) is 1.70. The average Bonchev–Trinajstić information content (AvgIpc) is 2.71. The average molecular weight is 288 g/mol. The van der Waals surface area contributed by atoms with Crippen LogP contribution in [0.15, 0.2) is 22.9 Å². The molecule has 1 heterocycles. The molecule has 1 aromatic rings. The summed E-state index contributed by atoms with van der Waals surface area (Å²) in [6.45, 7) is 8.66. The number of thiophene rings is 1. The summed E-state index contributed by atoms with van der Waals surface area (Å²) in [5.74, 6) is 0. The Kier molecular flexibility index (Phi) is 5.52. The Morgan fingerprint density at radius 3 is 2.67 bits per heavy atom. The van der Waals surface area contributed by atoms with E-state index in [1.807, 2.05) is 13.8 Å². The van der Waals surface area contributed by atoms with Crippen LogP contribution < -0.4 is 5.73 Å². The number of nitrogens with two attached hydrogens (primary N) is 1. The largest absolute Gasteiger partial charge is 0.326 e. The Morgan fingerprint density at radius 1 is 1.56 bits per heavy atom. The Morgan fingerprint density at radius 2 is 2.22 bits per heavy atom. The molecule has 0 bridgehead atoms. The van der Waals surface area contributed by atoms with Gasteiger partial charge in [0, 0.05) is 24.5 Å². The summed E-state index contributed by atoms with van der Waals surface area (Å²) in [7, 11) is -3.41. The lowest BCUT2D eigenvalue weighted by Gasteiger charge is -2.18.